The molecule has 0 saturated carbocycles. The van der Waals surface area contributed by atoms with Crippen molar-refractivity contribution in [1.82, 2.24) is 25.4 Å². The van der Waals surface area contributed by atoms with Crippen LogP contribution < -0.4 is 16.7 Å². The second-order valence-corrected chi connectivity index (χ2v) is 5.74. The normalized spacial score (nSPS) is 18.8. The number of amides is 2. The summed E-state index contributed by atoms with van der Waals surface area (Å²) in [7, 11) is 0. The van der Waals surface area contributed by atoms with Crippen molar-refractivity contribution in [2.45, 2.75) is 38.8 Å². The highest BCUT2D eigenvalue weighted by Crippen LogP contribution is 2.21. The highest BCUT2D eigenvalue weighted by atomic mass is 16.2. The maximum atomic E-state index is 11.9. The van der Waals surface area contributed by atoms with Gasteiger partial charge in [-0.2, -0.15) is 0 Å². The van der Waals surface area contributed by atoms with E-state index >= 15 is 0 Å². The van der Waals surface area contributed by atoms with Gasteiger partial charge >= 0.3 is 5.69 Å². The molecule has 0 aromatic carbocycles. The number of likely N-dealkylation sites (tertiary alicyclic amines) is 1. The number of aromatic amines is 2. The summed E-state index contributed by atoms with van der Waals surface area (Å²) in [6, 6.07) is -0.551. The fourth-order valence-corrected chi connectivity index (χ4v) is 2.68. The van der Waals surface area contributed by atoms with E-state index in [4.69, 9.17) is 5.73 Å². The van der Waals surface area contributed by atoms with Gasteiger partial charge in [-0.05, 0) is 32.6 Å². The predicted octanol–water partition coefficient (Wildman–Crippen LogP) is -1.20. The van der Waals surface area contributed by atoms with Gasteiger partial charge in [0.05, 0.1) is 6.04 Å². The van der Waals surface area contributed by atoms with E-state index < -0.39 is 17.6 Å². The molecule has 0 bridgehead atoms. The summed E-state index contributed by atoms with van der Waals surface area (Å²) in [6.07, 6.45) is 1.61. The molecule has 9 nitrogen and oxygen atoms in total. The molecule has 1 aliphatic heterocycles. The number of nitrogens with one attached hydrogen (secondary N) is 3. The Kier molecular flexibility index (Phi) is 4.96. The van der Waals surface area contributed by atoms with E-state index in [1.54, 1.807) is 11.8 Å². The fraction of sp³-hybridized carbons (Fsp3) is 0.692. The minimum absolute atomic E-state index is 0.0265. The summed E-state index contributed by atoms with van der Waals surface area (Å²) < 4.78 is 0. The molecule has 1 saturated heterocycles. The molecule has 1 aliphatic rings. The standard InChI is InChI=1S/C13H22N6O3/c1-7(14)12(21)19-5-3-9(4-6-19)8(2)15-11(20)10-16-13(22)18-17-10/h7-9H,3-6,14H2,1-2H3,(H,15,20)(H2,16,17,18,22)/t7-,8?/m0/s1. The minimum atomic E-state index is -0.513. The number of rotatable bonds is 4. The van der Waals surface area contributed by atoms with Crippen molar-refractivity contribution in [2.24, 2.45) is 11.7 Å². The van der Waals surface area contributed by atoms with Crippen molar-refractivity contribution < 1.29 is 9.59 Å². The molecular weight excluding hydrogens is 288 g/mol. The maximum absolute atomic E-state index is 11.9. The van der Waals surface area contributed by atoms with Crippen LogP contribution in [0.15, 0.2) is 4.79 Å². The first-order valence-corrected chi connectivity index (χ1v) is 7.38. The van der Waals surface area contributed by atoms with E-state index in [0.717, 1.165) is 12.8 Å². The molecule has 2 rings (SSSR count). The summed E-state index contributed by atoms with van der Waals surface area (Å²) in [5.74, 6) is -0.211. The highest BCUT2D eigenvalue weighted by molar-refractivity contribution is 5.90. The van der Waals surface area contributed by atoms with E-state index in [-0.39, 0.29) is 23.7 Å². The van der Waals surface area contributed by atoms with Gasteiger partial charge in [0.2, 0.25) is 11.7 Å². The molecular formula is C13H22N6O3. The van der Waals surface area contributed by atoms with Gasteiger partial charge in [-0.25, -0.2) is 9.89 Å². The van der Waals surface area contributed by atoms with Crippen LogP contribution in [0.25, 0.3) is 0 Å². The lowest BCUT2D eigenvalue weighted by Crippen LogP contribution is -2.49. The van der Waals surface area contributed by atoms with Gasteiger partial charge in [-0.15, -0.1) is 5.10 Å². The van der Waals surface area contributed by atoms with E-state index in [2.05, 4.69) is 20.5 Å². The Balaban J connectivity index is 1.85. The molecule has 0 radical (unpaired) electrons. The smallest absolute Gasteiger partial charge is 0.341 e. The molecule has 5 N–H and O–H groups in total. The van der Waals surface area contributed by atoms with Crippen LogP contribution in [0.1, 0.15) is 37.3 Å². The summed E-state index contributed by atoms with van der Waals surface area (Å²) >= 11 is 0. The van der Waals surface area contributed by atoms with Crippen molar-refractivity contribution in [1.29, 1.82) is 0 Å². The number of piperidine rings is 1. The zero-order valence-corrected chi connectivity index (χ0v) is 12.8. The largest absolute Gasteiger partial charge is 0.347 e. The number of nitrogens with zero attached hydrogens (tertiary/aromatic N) is 2. The molecule has 22 heavy (non-hydrogen) atoms. The minimum Gasteiger partial charge on any atom is -0.347 e. The lowest BCUT2D eigenvalue weighted by molar-refractivity contribution is -0.133. The molecule has 0 aliphatic carbocycles. The molecule has 1 aromatic heterocycles. The molecule has 1 aromatic rings. The van der Waals surface area contributed by atoms with Crippen LogP contribution >= 0.6 is 0 Å². The quantitative estimate of drug-likeness (QED) is 0.554. The highest BCUT2D eigenvalue weighted by Gasteiger charge is 2.28. The molecule has 1 fully saturated rings. The number of nitrogens with two attached hydrogens (primary N) is 1. The van der Waals surface area contributed by atoms with Crippen LogP contribution in [0.4, 0.5) is 0 Å². The summed E-state index contributed by atoms with van der Waals surface area (Å²) in [4.78, 5) is 38.8. The molecule has 2 heterocycles. The third-order valence-corrected chi connectivity index (χ3v) is 4.02. The number of hydrogen-bond donors (Lipinski definition) is 4. The Morgan fingerprint density at radius 3 is 2.50 bits per heavy atom. The fourth-order valence-electron chi connectivity index (χ4n) is 2.68. The SMILES string of the molecule is CC(NC(=O)c1n[nH]c(=O)[nH]1)C1CCN(C(=O)[C@H](C)N)CC1. The first kappa shape index (κ1) is 16.2. The van der Waals surface area contributed by atoms with Gasteiger partial charge in [0, 0.05) is 19.1 Å². The Morgan fingerprint density at radius 2 is 2.00 bits per heavy atom. The van der Waals surface area contributed by atoms with E-state index in [1.807, 2.05) is 6.92 Å². The lowest BCUT2D eigenvalue weighted by atomic mass is 9.90. The maximum Gasteiger partial charge on any atom is 0.341 e. The predicted molar refractivity (Wildman–Crippen MR) is 79.1 cm³/mol. The first-order valence-electron chi connectivity index (χ1n) is 7.38. The number of carbonyl (C=O) groups is 2. The van der Waals surface area contributed by atoms with Crippen molar-refractivity contribution in [3.05, 3.63) is 16.3 Å². The van der Waals surface area contributed by atoms with Gasteiger partial charge < -0.3 is 16.0 Å². The Labute approximate surface area is 127 Å². The number of aromatic nitrogens is 3. The number of H-pyrrole nitrogens is 2. The van der Waals surface area contributed by atoms with Crippen molar-refractivity contribution in [3.8, 4) is 0 Å². The molecule has 0 spiro atoms. The second-order valence-electron chi connectivity index (χ2n) is 5.74. The lowest BCUT2D eigenvalue weighted by Gasteiger charge is -2.35. The average molecular weight is 310 g/mol. The molecule has 2 atom stereocenters. The molecule has 122 valence electrons. The summed E-state index contributed by atoms with van der Waals surface area (Å²) in [6.45, 7) is 4.88. The zero-order valence-electron chi connectivity index (χ0n) is 12.8. The summed E-state index contributed by atoms with van der Waals surface area (Å²) in [5, 5.41) is 8.58. The second kappa shape index (κ2) is 6.73. The van der Waals surface area contributed by atoms with Crippen LogP contribution in [0.3, 0.4) is 0 Å². The molecule has 9 heteroatoms. The van der Waals surface area contributed by atoms with Crippen LogP contribution in [0, 0.1) is 5.92 Å². The van der Waals surface area contributed by atoms with Crippen molar-refractivity contribution >= 4 is 11.8 Å². The Bertz CT molecular complexity index is 585. The van der Waals surface area contributed by atoms with E-state index in [0.29, 0.717) is 13.1 Å². The third-order valence-electron chi connectivity index (χ3n) is 4.02. The van der Waals surface area contributed by atoms with Crippen LogP contribution in [0.2, 0.25) is 0 Å². The monoisotopic (exact) mass is 310 g/mol. The van der Waals surface area contributed by atoms with Gasteiger partial charge in [0.25, 0.3) is 5.91 Å². The van der Waals surface area contributed by atoms with Crippen molar-refractivity contribution in [3.63, 3.8) is 0 Å². The van der Waals surface area contributed by atoms with Gasteiger partial charge in [0.1, 0.15) is 0 Å². The topological polar surface area (TPSA) is 137 Å². The van der Waals surface area contributed by atoms with E-state index in [1.165, 1.54) is 0 Å². The Hall–Kier alpha value is -2.16. The Morgan fingerprint density at radius 1 is 1.36 bits per heavy atom. The summed E-state index contributed by atoms with van der Waals surface area (Å²) in [5.41, 5.74) is 5.09. The van der Waals surface area contributed by atoms with Gasteiger partial charge in [-0.1, -0.05) is 0 Å². The number of hydrogen-bond acceptors (Lipinski definition) is 5. The van der Waals surface area contributed by atoms with E-state index in [9.17, 15) is 14.4 Å². The average Bonchev–Trinajstić information content (AvgIpc) is 2.93. The van der Waals surface area contributed by atoms with Gasteiger partial charge in [0.15, 0.2) is 0 Å². The van der Waals surface area contributed by atoms with Gasteiger partial charge in [-0.3, -0.25) is 14.6 Å². The zero-order chi connectivity index (χ0) is 16.3. The van der Waals surface area contributed by atoms with Crippen LogP contribution in [0.5, 0.6) is 0 Å². The van der Waals surface area contributed by atoms with Crippen LogP contribution in [-0.4, -0.2) is 57.1 Å². The number of carbonyl (C=O) groups excluding carboxylic acids is 2. The molecule has 1 unspecified atom stereocenters. The third kappa shape index (κ3) is 3.73. The van der Waals surface area contributed by atoms with Crippen molar-refractivity contribution in [2.75, 3.05) is 13.1 Å². The first-order chi connectivity index (χ1) is 10.4. The molecule has 2 amide bonds. The van der Waals surface area contributed by atoms with Crippen LogP contribution in [-0.2, 0) is 4.79 Å².